The molecule has 5 nitrogen and oxygen atoms in total. The van der Waals surface area contributed by atoms with Gasteiger partial charge in [0, 0.05) is 0 Å². The normalized spacial score (nSPS) is 27.9. The van der Waals surface area contributed by atoms with Crippen LogP contribution in [-0.2, 0) is 19.1 Å². The predicted octanol–water partition coefficient (Wildman–Crippen LogP) is 0.392. The molecule has 1 atom stereocenters. The Balaban J connectivity index is 1.66. The van der Waals surface area contributed by atoms with Crippen molar-refractivity contribution < 1.29 is 19.1 Å². The van der Waals surface area contributed by atoms with Crippen molar-refractivity contribution in [3.8, 4) is 0 Å². The Morgan fingerprint density at radius 3 is 2.73 bits per heavy atom. The van der Waals surface area contributed by atoms with Crippen molar-refractivity contribution in [2.24, 2.45) is 0 Å². The molecule has 1 saturated heterocycles. The molecule has 0 bridgehead atoms. The van der Waals surface area contributed by atoms with Crippen LogP contribution >= 0.6 is 0 Å². The van der Waals surface area contributed by atoms with Gasteiger partial charge in [0.05, 0.1) is 25.9 Å². The molecule has 0 aromatic heterocycles. The predicted molar refractivity (Wildman–Crippen MR) is 52.0 cm³/mol. The second-order valence-electron chi connectivity index (χ2n) is 3.92. The molecular formula is C10H17NO4. The number of nitrogens with one attached hydrogen (secondary N) is 1. The van der Waals surface area contributed by atoms with Gasteiger partial charge in [0.2, 0.25) is 0 Å². The molecule has 2 rings (SSSR count). The molecule has 0 spiro atoms. The number of ether oxygens (including phenoxy) is 2. The SMILES string of the molecule is O=C(NOC1CCCC1)C1COCCO1. The van der Waals surface area contributed by atoms with E-state index in [0.717, 1.165) is 12.8 Å². The molecule has 1 N–H and O–H groups in total. The van der Waals surface area contributed by atoms with Gasteiger partial charge in [0.25, 0.3) is 5.91 Å². The average molecular weight is 215 g/mol. The van der Waals surface area contributed by atoms with Gasteiger partial charge in [-0.3, -0.25) is 9.63 Å². The monoisotopic (exact) mass is 215 g/mol. The van der Waals surface area contributed by atoms with Crippen LogP contribution < -0.4 is 5.48 Å². The minimum atomic E-state index is -0.514. The van der Waals surface area contributed by atoms with Crippen LogP contribution in [0.3, 0.4) is 0 Å². The number of hydroxylamine groups is 1. The molecular weight excluding hydrogens is 198 g/mol. The first-order chi connectivity index (χ1) is 7.36. The number of hydrogen-bond acceptors (Lipinski definition) is 4. The summed E-state index contributed by atoms with van der Waals surface area (Å²) in [6.07, 6.45) is 4.09. The third-order valence-corrected chi connectivity index (χ3v) is 2.74. The zero-order chi connectivity index (χ0) is 10.5. The van der Waals surface area contributed by atoms with E-state index in [2.05, 4.69) is 5.48 Å². The van der Waals surface area contributed by atoms with E-state index in [1.54, 1.807) is 0 Å². The summed E-state index contributed by atoms with van der Waals surface area (Å²) in [6, 6.07) is 0. The first kappa shape index (κ1) is 10.9. The van der Waals surface area contributed by atoms with E-state index in [9.17, 15) is 4.79 Å². The maximum absolute atomic E-state index is 11.5. The molecule has 1 heterocycles. The van der Waals surface area contributed by atoms with Crippen LogP contribution in [-0.4, -0.2) is 37.9 Å². The number of carbonyl (C=O) groups excluding carboxylic acids is 1. The molecule has 2 fully saturated rings. The summed E-state index contributed by atoms with van der Waals surface area (Å²) in [5.41, 5.74) is 2.45. The molecule has 5 heteroatoms. The minimum Gasteiger partial charge on any atom is -0.376 e. The lowest BCUT2D eigenvalue weighted by Crippen LogP contribution is -2.43. The third kappa shape index (κ3) is 3.15. The van der Waals surface area contributed by atoms with Gasteiger partial charge in [-0.05, 0) is 12.8 Å². The highest BCUT2D eigenvalue weighted by Crippen LogP contribution is 2.19. The highest BCUT2D eigenvalue weighted by Gasteiger charge is 2.24. The summed E-state index contributed by atoms with van der Waals surface area (Å²) < 4.78 is 10.4. The van der Waals surface area contributed by atoms with E-state index in [1.165, 1.54) is 12.8 Å². The Labute approximate surface area is 89.0 Å². The van der Waals surface area contributed by atoms with Gasteiger partial charge < -0.3 is 9.47 Å². The van der Waals surface area contributed by atoms with E-state index >= 15 is 0 Å². The van der Waals surface area contributed by atoms with Crippen molar-refractivity contribution >= 4 is 5.91 Å². The van der Waals surface area contributed by atoms with Gasteiger partial charge in [0.1, 0.15) is 0 Å². The Morgan fingerprint density at radius 1 is 1.27 bits per heavy atom. The number of hydrogen-bond donors (Lipinski definition) is 1. The maximum atomic E-state index is 11.5. The fourth-order valence-electron chi connectivity index (χ4n) is 1.85. The van der Waals surface area contributed by atoms with Crippen LogP contribution in [0.15, 0.2) is 0 Å². The molecule has 1 amide bonds. The second kappa shape index (κ2) is 5.44. The van der Waals surface area contributed by atoms with Crippen LogP contribution in [0, 0.1) is 0 Å². The van der Waals surface area contributed by atoms with Crippen LogP contribution in [0.1, 0.15) is 25.7 Å². The molecule has 1 aliphatic carbocycles. The van der Waals surface area contributed by atoms with Gasteiger partial charge in [-0.25, -0.2) is 5.48 Å². The summed E-state index contributed by atoms with van der Waals surface area (Å²) in [5, 5.41) is 0. The molecule has 1 unspecified atom stereocenters. The molecule has 0 aromatic carbocycles. The average Bonchev–Trinajstić information content (AvgIpc) is 2.80. The van der Waals surface area contributed by atoms with Crippen molar-refractivity contribution in [1.29, 1.82) is 0 Å². The molecule has 15 heavy (non-hydrogen) atoms. The van der Waals surface area contributed by atoms with Crippen molar-refractivity contribution in [2.75, 3.05) is 19.8 Å². The third-order valence-electron chi connectivity index (χ3n) is 2.74. The zero-order valence-corrected chi connectivity index (χ0v) is 8.74. The lowest BCUT2D eigenvalue weighted by molar-refractivity contribution is -0.163. The van der Waals surface area contributed by atoms with Gasteiger partial charge >= 0.3 is 0 Å². The van der Waals surface area contributed by atoms with E-state index in [0.29, 0.717) is 19.8 Å². The van der Waals surface area contributed by atoms with Gasteiger partial charge in [-0.15, -0.1) is 0 Å². The molecule has 0 radical (unpaired) electrons. The van der Waals surface area contributed by atoms with Crippen LogP contribution in [0.2, 0.25) is 0 Å². The van der Waals surface area contributed by atoms with Gasteiger partial charge in [-0.1, -0.05) is 12.8 Å². The van der Waals surface area contributed by atoms with E-state index in [-0.39, 0.29) is 12.0 Å². The molecule has 2 aliphatic rings. The van der Waals surface area contributed by atoms with E-state index in [1.807, 2.05) is 0 Å². The quantitative estimate of drug-likeness (QED) is 0.692. The summed E-state index contributed by atoms with van der Waals surface area (Å²) in [5.74, 6) is -0.235. The van der Waals surface area contributed by atoms with E-state index < -0.39 is 6.10 Å². The van der Waals surface area contributed by atoms with Gasteiger partial charge in [0.15, 0.2) is 6.10 Å². The number of amides is 1. The summed E-state index contributed by atoms with van der Waals surface area (Å²) in [4.78, 5) is 16.8. The van der Waals surface area contributed by atoms with Crippen molar-refractivity contribution in [3.05, 3.63) is 0 Å². The first-order valence-electron chi connectivity index (χ1n) is 5.51. The zero-order valence-electron chi connectivity index (χ0n) is 8.74. The summed E-state index contributed by atoms with van der Waals surface area (Å²) >= 11 is 0. The number of rotatable bonds is 3. The largest absolute Gasteiger partial charge is 0.376 e. The number of carbonyl (C=O) groups is 1. The van der Waals surface area contributed by atoms with Gasteiger partial charge in [-0.2, -0.15) is 0 Å². The van der Waals surface area contributed by atoms with Crippen molar-refractivity contribution in [1.82, 2.24) is 5.48 Å². The lowest BCUT2D eigenvalue weighted by atomic mass is 10.3. The van der Waals surface area contributed by atoms with E-state index in [4.69, 9.17) is 14.3 Å². The Kier molecular flexibility index (Phi) is 3.94. The molecule has 86 valence electrons. The minimum absolute atomic E-state index is 0.179. The van der Waals surface area contributed by atoms with Crippen LogP contribution in [0.25, 0.3) is 0 Å². The van der Waals surface area contributed by atoms with Crippen LogP contribution in [0.4, 0.5) is 0 Å². The highest BCUT2D eigenvalue weighted by atomic mass is 16.7. The van der Waals surface area contributed by atoms with Crippen molar-refractivity contribution in [3.63, 3.8) is 0 Å². The Hall–Kier alpha value is -0.650. The molecule has 1 aliphatic heterocycles. The van der Waals surface area contributed by atoms with Crippen molar-refractivity contribution in [2.45, 2.75) is 37.9 Å². The lowest BCUT2D eigenvalue weighted by Gasteiger charge is -2.22. The first-order valence-corrected chi connectivity index (χ1v) is 5.51. The second-order valence-corrected chi connectivity index (χ2v) is 3.92. The Morgan fingerprint density at radius 2 is 2.07 bits per heavy atom. The molecule has 0 aromatic rings. The smallest absolute Gasteiger partial charge is 0.275 e. The fourth-order valence-corrected chi connectivity index (χ4v) is 1.85. The Bertz CT molecular complexity index is 209. The topological polar surface area (TPSA) is 56.8 Å². The molecule has 1 saturated carbocycles. The van der Waals surface area contributed by atoms with Crippen LogP contribution in [0.5, 0.6) is 0 Å². The standard InChI is InChI=1S/C10H17NO4/c12-10(9-7-13-5-6-14-9)11-15-8-3-1-2-4-8/h8-9H,1-7H2,(H,11,12). The highest BCUT2D eigenvalue weighted by molar-refractivity contribution is 5.79. The summed E-state index contributed by atoms with van der Waals surface area (Å²) in [6.45, 7) is 1.36. The maximum Gasteiger partial charge on any atom is 0.275 e. The summed E-state index contributed by atoms with van der Waals surface area (Å²) in [7, 11) is 0. The fraction of sp³-hybridized carbons (Fsp3) is 0.900.